The lowest BCUT2D eigenvalue weighted by molar-refractivity contribution is -0.195. The Morgan fingerprint density at radius 2 is 1.85 bits per heavy atom. The molecule has 1 aliphatic heterocycles. The van der Waals surface area contributed by atoms with Gasteiger partial charge in [-0.1, -0.05) is 23.3 Å². The van der Waals surface area contributed by atoms with Crippen molar-refractivity contribution in [1.29, 1.82) is 0 Å². The fourth-order valence-electron chi connectivity index (χ4n) is 4.64. The first kappa shape index (κ1) is 26.3. The maximum Gasteiger partial charge on any atom is 0.373 e. The zero-order chi connectivity index (χ0) is 25.6. The molecule has 3 rings (SSSR count). The molecule has 3 atom stereocenters. The van der Waals surface area contributed by atoms with Crippen LogP contribution in [0.15, 0.2) is 46.3 Å². The molecule has 7 nitrogen and oxygen atoms in total. The molecule has 0 aromatic heterocycles. The number of aliphatic hydroxyl groups excluding tert-OH is 1. The first-order chi connectivity index (χ1) is 15.7. The molecule has 0 amide bonds. The van der Waals surface area contributed by atoms with E-state index in [1.165, 1.54) is 5.57 Å². The summed E-state index contributed by atoms with van der Waals surface area (Å²) in [6.07, 6.45) is 5.97. The number of fused-ring (bicyclic) bond motifs is 1. The van der Waals surface area contributed by atoms with Crippen LogP contribution in [0.25, 0.3) is 5.53 Å². The van der Waals surface area contributed by atoms with Gasteiger partial charge in [0.2, 0.25) is 5.78 Å². The summed E-state index contributed by atoms with van der Waals surface area (Å²) in [5, 5.41) is 9.70. The van der Waals surface area contributed by atoms with Crippen molar-refractivity contribution in [3.05, 3.63) is 51.8 Å². The van der Waals surface area contributed by atoms with Crippen molar-refractivity contribution in [2.75, 3.05) is 0 Å². The zero-order valence-electron chi connectivity index (χ0n) is 19.9. The van der Waals surface area contributed by atoms with Crippen LogP contribution in [0.3, 0.4) is 0 Å². The third-order valence-electron chi connectivity index (χ3n) is 6.65. The molecule has 2 aliphatic carbocycles. The number of rotatable bonds is 5. The van der Waals surface area contributed by atoms with E-state index in [1.54, 1.807) is 19.9 Å². The third-order valence-corrected chi connectivity index (χ3v) is 7.96. The number of ketones is 3. The number of carbonyl (C=O) groups excluding carboxylic acids is 3. The molecular weight excluding hydrogens is 479 g/mol. The average molecular weight is 507 g/mol. The average Bonchev–Trinajstić information content (AvgIpc) is 2.73. The Bertz CT molecular complexity index is 1150. The highest BCUT2D eigenvalue weighted by molar-refractivity contribution is 6.59. The van der Waals surface area contributed by atoms with Crippen LogP contribution >= 0.6 is 23.2 Å². The minimum absolute atomic E-state index is 0.0665. The fraction of sp³-hybridized carbons (Fsp3) is 0.520. The van der Waals surface area contributed by atoms with Crippen LogP contribution in [-0.2, 0) is 19.1 Å². The number of hydrogen-bond acceptors (Lipinski definition) is 5. The number of alkyl halides is 2. The Labute approximate surface area is 208 Å². The van der Waals surface area contributed by atoms with Gasteiger partial charge in [0.15, 0.2) is 11.4 Å². The smallest absolute Gasteiger partial charge is 0.373 e. The van der Waals surface area contributed by atoms with Gasteiger partial charge in [0.1, 0.15) is 16.2 Å². The van der Waals surface area contributed by atoms with Crippen molar-refractivity contribution in [2.24, 2.45) is 0 Å². The number of carbonyl (C=O) groups is 3. The molecule has 0 radical (unpaired) electrons. The standard InChI is InChI=1S/C25H28Cl2N2O5/c1-13(2)7-6-8-14(3)9-10-25-22(33)19-18(15(30)11-16(31)20(19)29-28)21(32)24(25,27)12-17(26)23(4,5)34-25/h7,9,11,17,30H,6,8,10,12H2,1-5H3/b14-9+/t17-,24+,25+/m1/s1. The van der Waals surface area contributed by atoms with E-state index in [0.717, 1.165) is 24.5 Å². The van der Waals surface area contributed by atoms with E-state index in [9.17, 15) is 25.0 Å². The van der Waals surface area contributed by atoms with Crippen LogP contribution in [0.1, 0.15) is 60.3 Å². The van der Waals surface area contributed by atoms with E-state index in [1.807, 2.05) is 20.8 Å². The van der Waals surface area contributed by atoms with E-state index in [0.29, 0.717) is 0 Å². The molecule has 1 fully saturated rings. The van der Waals surface area contributed by atoms with Crippen LogP contribution in [0.5, 0.6) is 0 Å². The lowest BCUT2D eigenvalue weighted by Gasteiger charge is -2.56. The second-order valence-corrected chi connectivity index (χ2v) is 11.0. The van der Waals surface area contributed by atoms with E-state index in [2.05, 4.69) is 10.9 Å². The summed E-state index contributed by atoms with van der Waals surface area (Å²) < 4.78 is 6.29. The van der Waals surface area contributed by atoms with Gasteiger partial charge in [-0.3, -0.25) is 14.4 Å². The van der Waals surface area contributed by atoms with Crippen molar-refractivity contribution in [1.82, 2.24) is 0 Å². The van der Waals surface area contributed by atoms with Gasteiger partial charge in [-0.05, 0) is 53.9 Å². The highest BCUT2D eigenvalue weighted by Crippen LogP contribution is 2.56. The van der Waals surface area contributed by atoms with E-state index >= 15 is 0 Å². The first-order valence-corrected chi connectivity index (χ1v) is 11.9. The summed E-state index contributed by atoms with van der Waals surface area (Å²) in [5.74, 6) is -3.22. The lowest BCUT2D eigenvalue weighted by atomic mass is 9.61. The summed E-state index contributed by atoms with van der Waals surface area (Å²) in [5.41, 5.74) is 7.07. The predicted molar refractivity (Wildman–Crippen MR) is 129 cm³/mol. The van der Waals surface area contributed by atoms with Crippen molar-refractivity contribution < 1.29 is 29.0 Å². The van der Waals surface area contributed by atoms with Crippen LogP contribution in [0.4, 0.5) is 0 Å². The summed E-state index contributed by atoms with van der Waals surface area (Å²) in [4.78, 5) is 41.2. The quantitative estimate of drug-likeness (QED) is 0.190. The summed E-state index contributed by atoms with van der Waals surface area (Å²) in [7, 11) is 0. The first-order valence-electron chi connectivity index (χ1n) is 11.1. The van der Waals surface area contributed by atoms with Crippen LogP contribution in [0, 0.1) is 0 Å². The number of aliphatic hydroxyl groups is 1. The number of halogens is 2. The number of allylic oxidation sites excluding steroid dienone is 5. The van der Waals surface area contributed by atoms with Gasteiger partial charge in [0, 0.05) is 12.5 Å². The molecule has 1 saturated heterocycles. The van der Waals surface area contributed by atoms with E-state index in [4.69, 9.17) is 27.9 Å². The Hall–Kier alpha value is -2.31. The number of ether oxygens (including phenoxy) is 1. The van der Waals surface area contributed by atoms with Gasteiger partial charge in [0.25, 0.3) is 5.78 Å². The maximum absolute atomic E-state index is 14.1. The molecule has 3 aliphatic rings. The fourth-order valence-corrected chi connectivity index (χ4v) is 5.45. The SMILES string of the molecule is CC(C)=CCC/C(C)=C/C[C@@]12OC(C)(C)[C@H](Cl)C[C@]1(Cl)C(=O)C1=C(C2=O)C(=[N+]=[N-])C(=O)C=C1O. The van der Waals surface area contributed by atoms with Gasteiger partial charge in [0.05, 0.1) is 16.6 Å². The van der Waals surface area contributed by atoms with Crippen molar-refractivity contribution >= 4 is 46.3 Å². The number of hydrogen-bond donors (Lipinski definition) is 1. The molecule has 0 saturated carbocycles. The molecular formula is C25H28Cl2N2O5. The number of Topliss-reactive ketones (excluding diaryl/α,β-unsaturated/α-hetero) is 2. The van der Waals surface area contributed by atoms with E-state index in [-0.39, 0.29) is 12.8 Å². The van der Waals surface area contributed by atoms with Gasteiger partial charge in [-0.2, -0.15) is 4.79 Å². The molecule has 0 aromatic rings. The molecule has 0 aromatic carbocycles. The summed E-state index contributed by atoms with van der Waals surface area (Å²) in [6.45, 7) is 9.31. The topological polar surface area (TPSA) is 117 Å². The molecule has 0 bridgehead atoms. The van der Waals surface area contributed by atoms with Crippen molar-refractivity contribution in [2.45, 2.75) is 81.8 Å². The predicted octanol–water partition coefficient (Wildman–Crippen LogP) is 4.74. The maximum atomic E-state index is 14.1. The monoisotopic (exact) mass is 506 g/mol. The Morgan fingerprint density at radius 3 is 2.44 bits per heavy atom. The Morgan fingerprint density at radius 1 is 1.21 bits per heavy atom. The van der Waals surface area contributed by atoms with Crippen LogP contribution in [-0.4, -0.2) is 54.4 Å². The summed E-state index contributed by atoms with van der Waals surface area (Å²) in [6, 6.07) is 0. The van der Waals surface area contributed by atoms with Crippen LogP contribution in [0.2, 0.25) is 0 Å². The molecule has 1 N–H and O–H groups in total. The van der Waals surface area contributed by atoms with Gasteiger partial charge in [-0.25, -0.2) is 0 Å². The van der Waals surface area contributed by atoms with Crippen molar-refractivity contribution in [3.8, 4) is 0 Å². The van der Waals surface area contributed by atoms with Gasteiger partial charge in [-0.15, -0.1) is 23.2 Å². The molecule has 9 heteroatoms. The Kier molecular flexibility index (Phi) is 7.00. The van der Waals surface area contributed by atoms with E-state index < -0.39 is 61.4 Å². The minimum Gasteiger partial charge on any atom is -0.507 e. The summed E-state index contributed by atoms with van der Waals surface area (Å²) >= 11 is 13.5. The zero-order valence-corrected chi connectivity index (χ0v) is 21.4. The minimum atomic E-state index is -1.94. The molecule has 0 unspecified atom stereocenters. The molecule has 182 valence electrons. The number of nitrogens with zero attached hydrogens (tertiary/aromatic N) is 2. The van der Waals surface area contributed by atoms with Gasteiger partial charge < -0.3 is 15.4 Å². The largest absolute Gasteiger partial charge is 0.507 e. The van der Waals surface area contributed by atoms with Gasteiger partial charge >= 0.3 is 5.71 Å². The second kappa shape index (κ2) is 9.04. The second-order valence-electron chi connectivity index (χ2n) is 9.83. The van der Waals surface area contributed by atoms with Crippen LogP contribution < -0.4 is 0 Å². The van der Waals surface area contributed by atoms with Crippen molar-refractivity contribution in [3.63, 3.8) is 0 Å². The lowest BCUT2D eigenvalue weighted by Crippen LogP contribution is -2.73. The highest BCUT2D eigenvalue weighted by atomic mass is 35.5. The highest BCUT2D eigenvalue weighted by Gasteiger charge is 2.72. The molecule has 0 spiro atoms. The normalized spacial score (nSPS) is 31.0. The third kappa shape index (κ3) is 4.05. The Balaban J connectivity index is 2.21. The molecule has 34 heavy (non-hydrogen) atoms. The molecule has 1 heterocycles.